The van der Waals surface area contributed by atoms with Crippen LogP contribution >= 0.6 is 0 Å². The topological polar surface area (TPSA) is 29.5 Å². The van der Waals surface area contributed by atoms with Crippen LogP contribution in [0.25, 0.3) is 0 Å². The Kier molecular flexibility index (Phi) is 6.65. The van der Waals surface area contributed by atoms with Crippen LogP contribution in [0.2, 0.25) is 0 Å². The molecule has 0 unspecified atom stereocenters. The summed E-state index contributed by atoms with van der Waals surface area (Å²) in [6, 6.07) is 0. The second-order valence-electron chi connectivity index (χ2n) is 4.51. The van der Waals surface area contributed by atoms with Crippen molar-refractivity contribution in [2.75, 3.05) is 32.8 Å². The van der Waals surface area contributed by atoms with E-state index in [-0.39, 0.29) is 0 Å². The fourth-order valence-corrected chi connectivity index (χ4v) is 2.28. The summed E-state index contributed by atoms with van der Waals surface area (Å²) in [5.41, 5.74) is 0. The molecule has 3 heteroatoms. The maximum absolute atomic E-state index is 12.0. The highest BCUT2D eigenvalue weighted by Crippen LogP contribution is 2.25. The van der Waals surface area contributed by atoms with E-state index in [1.807, 2.05) is 6.92 Å². The van der Waals surface area contributed by atoms with Crippen LogP contribution in [0.1, 0.15) is 39.5 Å². The molecule has 0 spiro atoms. The Hall–Kier alpha value is -0.410. The number of carbonyl (C=O) groups excluding carboxylic acids is 1. The average Bonchev–Trinajstić information content (AvgIpc) is 2.81. The van der Waals surface area contributed by atoms with E-state index >= 15 is 0 Å². The first-order valence-electron chi connectivity index (χ1n) is 6.60. The summed E-state index contributed by atoms with van der Waals surface area (Å²) in [5.74, 6) is 0.789. The molecule has 0 N–H and O–H groups in total. The molecule has 16 heavy (non-hydrogen) atoms. The highest BCUT2D eigenvalue weighted by atomic mass is 16.5. The van der Waals surface area contributed by atoms with E-state index in [9.17, 15) is 4.79 Å². The monoisotopic (exact) mass is 227 g/mol. The second kappa shape index (κ2) is 7.80. The minimum atomic E-state index is 0.348. The van der Waals surface area contributed by atoms with Gasteiger partial charge in [-0.1, -0.05) is 19.8 Å². The van der Waals surface area contributed by atoms with Crippen LogP contribution in [0.5, 0.6) is 0 Å². The molecule has 94 valence electrons. The minimum Gasteiger partial charge on any atom is -0.380 e. The molecule has 0 aromatic carbocycles. The number of hydrogen-bond donors (Lipinski definition) is 0. The molecule has 0 aromatic heterocycles. The quantitative estimate of drug-likeness (QED) is 0.595. The molecule has 1 aliphatic carbocycles. The van der Waals surface area contributed by atoms with Gasteiger partial charge in [0.1, 0.15) is 5.78 Å². The third-order valence-electron chi connectivity index (χ3n) is 3.39. The van der Waals surface area contributed by atoms with Gasteiger partial charge >= 0.3 is 0 Å². The molecule has 3 nitrogen and oxygen atoms in total. The second-order valence-corrected chi connectivity index (χ2v) is 4.51. The van der Waals surface area contributed by atoms with Gasteiger partial charge in [0.05, 0.1) is 13.2 Å². The summed E-state index contributed by atoms with van der Waals surface area (Å²) in [6.45, 7) is 8.03. The van der Waals surface area contributed by atoms with Gasteiger partial charge in [-0.2, -0.15) is 0 Å². The Morgan fingerprint density at radius 2 is 2.00 bits per heavy atom. The molecule has 0 saturated heterocycles. The standard InChI is InChI=1S/C13H25NO2/c1-3-14(9-10-16-4-2)11-13(15)12-7-5-6-8-12/h12H,3-11H2,1-2H3. The lowest BCUT2D eigenvalue weighted by atomic mass is 10.0. The minimum absolute atomic E-state index is 0.348. The lowest BCUT2D eigenvalue weighted by Crippen LogP contribution is -2.35. The molecule has 1 fully saturated rings. The smallest absolute Gasteiger partial charge is 0.149 e. The van der Waals surface area contributed by atoms with E-state index in [4.69, 9.17) is 4.74 Å². The van der Waals surface area contributed by atoms with Crippen molar-refractivity contribution >= 4 is 5.78 Å². The molecule has 1 aliphatic rings. The third kappa shape index (κ3) is 4.62. The van der Waals surface area contributed by atoms with Crippen molar-refractivity contribution in [3.05, 3.63) is 0 Å². The first-order chi connectivity index (χ1) is 7.77. The molecule has 0 heterocycles. The maximum Gasteiger partial charge on any atom is 0.149 e. The molecule has 1 saturated carbocycles. The largest absolute Gasteiger partial charge is 0.380 e. The van der Waals surface area contributed by atoms with Gasteiger partial charge in [-0.3, -0.25) is 9.69 Å². The van der Waals surface area contributed by atoms with Crippen LogP contribution in [-0.2, 0) is 9.53 Å². The summed E-state index contributed by atoms with van der Waals surface area (Å²) in [4.78, 5) is 14.2. The Balaban J connectivity index is 2.22. The summed E-state index contributed by atoms with van der Waals surface area (Å²) < 4.78 is 5.32. The van der Waals surface area contributed by atoms with Gasteiger partial charge in [-0.15, -0.1) is 0 Å². The first kappa shape index (κ1) is 13.7. The molecule has 0 bridgehead atoms. The normalized spacial score (nSPS) is 17.2. The zero-order chi connectivity index (χ0) is 11.8. The van der Waals surface area contributed by atoms with Gasteiger partial charge in [-0.25, -0.2) is 0 Å². The lowest BCUT2D eigenvalue weighted by molar-refractivity contribution is -0.123. The van der Waals surface area contributed by atoms with Crippen LogP contribution in [0.4, 0.5) is 0 Å². The Labute approximate surface area is 99.1 Å². The summed E-state index contributed by atoms with van der Waals surface area (Å²) in [5, 5.41) is 0. The Bertz CT molecular complexity index is 200. The van der Waals surface area contributed by atoms with E-state index in [1.165, 1.54) is 12.8 Å². The molecule has 0 aromatic rings. The molecule has 0 aliphatic heterocycles. The summed E-state index contributed by atoms with van der Waals surface area (Å²) >= 11 is 0. The van der Waals surface area contributed by atoms with Crippen molar-refractivity contribution in [1.29, 1.82) is 0 Å². The van der Waals surface area contributed by atoms with Crippen LogP contribution in [0.3, 0.4) is 0 Å². The lowest BCUT2D eigenvalue weighted by Gasteiger charge is -2.21. The van der Waals surface area contributed by atoms with Gasteiger partial charge in [0.2, 0.25) is 0 Å². The number of ketones is 1. The first-order valence-corrected chi connectivity index (χ1v) is 6.60. The fraction of sp³-hybridized carbons (Fsp3) is 0.923. The number of hydrogen-bond acceptors (Lipinski definition) is 3. The zero-order valence-corrected chi connectivity index (χ0v) is 10.7. The maximum atomic E-state index is 12.0. The van der Waals surface area contributed by atoms with Crippen molar-refractivity contribution in [2.45, 2.75) is 39.5 Å². The predicted molar refractivity (Wildman–Crippen MR) is 65.6 cm³/mol. The average molecular weight is 227 g/mol. The van der Waals surface area contributed by atoms with Gasteiger partial charge in [0.25, 0.3) is 0 Å². The van der Waals surface area contributed by atoms with Crippen molar-refractivity contribution in [1.82, 2.24) is 4.90 Å². The molecule has 1 rings (SSSR count). The zero-order valence-electron chi connectivity index (χ0n) is 10.7. The van der Waals surface area contributed by atoms with Crippen molar-refractivity contribution < 1.29 is 9.53 Å². The van der Waals surface area contributed by atoms with Gasteiger partial charge in [0, 0.05) is 19.1 Å². The van der Waals surface area contributed by atoms with Crippen LogP contribution in [0, 0.1) is 5.92 Å². The Morgan fingerprint density at radius 1 is 1.31 bits per heavy atom. The van der Waals surface area contributed by atoms with Crippen LogP contribution in [0.15, 0.2) is 0 Å². The number of nitrogens with zero attached hydrogens (tertiary/aromatic N) is 1. The number of likely N-dealkylation sites (N-methyl/N-ethyl adjacent to an activating group) is 1. The molecular weight excluding hydrogens is 202 g/mol. The van der Waals surface area contributed by atoms with Gasteiger partial charge in [0.15, 0.2) is 0 Å². The summed E-state index contributed by atoms with van der Waals surface area (Å²) in [7, 11) is 0. The predicted octanol–water partition coefficient (Wildman–Crippen LogP) is 2.10. The van der Waals surface area contributed by atoms with Gasteiger partial charge in [-0.05, 0) is 26.3 Å². The Morgan fingerprint density at radius 3 is 2.56 bits per heavy atom. The number of Topliss-reactive ketones (excluding diaryl/α,β-unsaturated/α-hetero) is 1. The number of rotatable bonds is 8. The van der Waals surface area contributed by atoms with E-state index in [2.05, 4.69) is 11.8 Å². The highest BCUT2D eigenvalue weighted by Gasteiger charge is 2.23. The molecule has 0 amide bonds. The van der Waals surface area contributed by atoms with Crippen LogP contribution < -0.4 is 0 Å². The summed E-state index contributed by atoms with van der Waals surface area (Å²) in [6.07, 6.45) is 4.70. The molecular formula is C13H25NO2. The van der Waals surface area contributed by atoms with Crippen molar-refractivity contribution in [3.63, 3.8) is 0 Å². The van der Waals surface area contributed by atoms with Crippen LogP contribution in [-0.4, -0.2) is 43.5 Å². The SMILES string of the molecule is CCOCCN(CC)CC(=O)C1CCCC1. The van der Waals surface area contributed by atoms with E-state index < -0.39 is 0 Å². The van der Waals surface area contributed by atoms with E-state index in [1.54, 1.807) is 0 Å². The van der Waals surface area contributed by atoms with Crippen molar-refractivity contribution in [3.8, 4) is 0 Å². The fourth-order valence-electron chi connectivity index (χ4n) is 2.28. The highest BCUT2D eigenvalue weighted by molar-refractivity contribution is 5.83. The van der Waals surface area contributed by atoms with E-state index in [0.29, 0.717) is 18.2 Å². The van der Waals surface area contributed by atoms with Gasteiger partial charge < -0.3 is 4.74 Å². The van der Waals surface area contributed by atoms with Crippen molar-refractivity contribution in [2.24, 2.45) is 5.92 Å². The third-order valence-corrected chi connectivity index (χ3v) is 3.39. The molecule has 0 atom stereocenters. The number of ether oxygens (including phenoxy) is 1. The number of carbonyl (C=O) groups is 1. The van der Waals surface area contributed by atoms with E-state index in [0.717, 1.165) is 39.1 Å². The molecule has 0 radical (unpaired) electrons.